The Morgan fingerprint density at radius 3 is 2.44 bits per heavy atom. The number of nitriles is 1. The van der Waals surface area contributed by atoms with Gasteiger partial charge in [-0.2, -0.15) is 18.4 Å². The van der Waals surface area contributed by atoms with Crippen LogP contribution < -0.4 is 15.4 Å². The molecule has 0 atom stereocenters. The number of ether oxygens (including phenoxy) is 2. The van der Waals surface area contributed by atoms with Gasteiger partial charge in [-0.3, -0.25) is 4.90 Å². The highest BCUT2D eigenvalue weighted by atomic mass is 19.4. The molecule has 2 aliphatic heterocycles. The van der Waals surface area contributed by atoms with Crippen LogP contribution >= 0.6 is 0 Å². The lowest BCUT2D eigenvalue weighted by molar-refractivity contribution is -0.200. The van der Waals surface area contributed by atoms with Crippen molar-refractivity contribution in [2.45, 2.75) is 69.8 Å². The molecule has 1 aromatic heterocycles. The molecule has 3 heterocycles. The van der Waals surface area contributed by atoms with Crippen LogP contribution in [0.25, 0.3) is 10.9 Å². The van der Waals surface area contributed by atoms with E-state index in [1.165, 1.54) is 4.57 Å². The summed E-state index contributed by atoms with van der Waals surface area (Å²) >= 11 is 0. The molecule has 0 amide bonds. The molecule has 3 aromatic rings. The summed E-state index contributed by atoms with van der Waals surface area (Å²) in [6, 6.07) is 15.9. The molecule has 0 unspecified atom stereocenters. The first-order valence-electron chi connectivity index (χ1n) is 15.6. The third-order valence-corrected chi connectivity index (χ3v) is 9.54. The highest BCUT2D eigenvalue weighted by Crippen LogP contribution is 2.41. The average molecular weight is 620 g/mol. The van der Waals surface area contributed by atoms with Crippen LogP contribution in [-0.2, 0) is 16.7 Å². The number of fused-ring (bicyclic) bond motifs is 1. The van der Waals surface area contributed by atoms with E-state index in [9.17, 15) is 18.4 Å². The molecule has 1 aliphatic carbocycles. The molecular formula is C35H40F3N5O2. The minimum absolute atomic E-state index is 0.199. The van der Waals surface area contributed by atoms with E-state index in [1.807, 2.05) is 44.2 Å². The van der Waals surface area contributed by atoms with Crippen LogP contribution in [0.1, 0.15) is 50.8 Å². The summed E-state index contributed by atoms with van der Waals surface area (Å²) < 4.78 is 53.3. The number of benzene rings is 2. The number of likely N-dealkylation sites (tertiary alicyclic amines) is 1. The minimum atomic E-state index is -4.39. The van der Waals surface area contributed by atoms with Crippen molar-refractivity contribution in [2.24, 2.45) is 5.41 Å². The Kier molecular flexibility index (Phi) is 8.41. The molecule has 45 heavy (non-hydrogen) atoms. The van der Waals surface area contributed by atoms with Crippen LogP contribution in [0, 0.1) is 28.6 Å². The number of rotatable bonds is 8. The summed E-state index contributed by atoms with van der Waals surface area (Å²) in [4.78, 5) is 2.59. The Balaban J connectivity index is 1.15. The molecule has 0 bridgehead atoms. The lowest BCUT2D eigenvalue weighted by atomic mass is 9.75. The standard InChI is InChI=1S/C35H40F3N5O2/c1-33(2,18-39)24-9-14-30(32(16-24)44-3)40-15-5-6-27-17-28-29(7-4-8-31(28)43(27)21-35(36,37)38)41-25-10-12-26(13-11-25)42-19-34(20-42)22-45-23-34/h4,7-9,14,16-17,25-26,40-41H,10-13,15,19-23H2,1-3H3/t25-,26-. The largest absolute Gasteiger partial charge is 0.495 e. The Morgan fingerprint density at radius 2 is 1.80 bits per heavy atom. The molecule has 2 aromatic carbocycles. The van der Waals surface area contributed by atoms with Gasteiger partial charge < -0.3 is 24.7 Å². The van der Waals surface area contributed by atoms with Gasteiger partial charge in [0.05, 0.1) is 55.3 Å². The van der Waals surface area contributed by atoms with Crippen molar-refractivity contribution in [1.29, 1.82) is 5.26 Å². The number of hydrogen-bond donors (Lipinski definition) is 2. The normalized spacial score (nSPS) is 21.3. The van der Waals surface area contributed by atoms with Crippen LogP contribution in [0.5, 0.6) is 5.75 Å². The zero-order valence-electron chi connectivity index (χ0n) is 26.1. The van der Waals surface area contributed by atoms with Crippen molar-refractivity contribution in [3.8, 4) is 23.7 Å². The van der Waals surface area contributed by atoms with Crippen LogP contribution in [0.15, 0.2) is 42.5 Å². The van der Waals surface area contributed by atoms with Gasteiger partial charge in [0.1, 0.15) is 12.3 Å². The first kappa shape index (κ1) is 31.1. The number of nitrogens with zero attached hydrogens (tertiary/aromatic N) is 3. The molecule has 3 aliphatic rings. The molecule has 1 spiro atoms. The Morgan fingerprint density at radius 1 is 1.04 bits per heavy atom. The van der Waals surface area contributed by atoms with Crippen molar-refractivity contribution in [1.82, 2.24) is 9.47 Å². The smallest absolute Gasteiger partial charge is 0.406 e. The second kappa shape index (κ2) is 12.2. The fraction of sp³-hybridized carbons (Fsp3) is 0.514. The van der Waals surface area contributed by atoms with Crippen molar-refractivity contribution in [2.75, 3.05) is 50.6 Å². The maximum absolute atomic E-state index is 13.7. The predicted molar refractivity (Wildman–Crippen MR) is 169 cm³/mol. The van der Waals surface area contributed by atoms with Crippen LogP contribution in [0.3, 0.4) is 0 Å². The van der Waals surface area contributed by atoms with Gasteiger partial charge in [-0.05, 0) is 81.3 Å². The Bertz CT molecular complexity index is 1640. The van der Waals surface area contributed by atoms with E-state index in [1.54, 1.807) is 19.2 Å². The fourth-order valence-corrected chi connectivity index (χ4v) is 6.88. The van der Waals surface area contributed by atoms with Crippen LogP contribution in [-0.4, -0.2) is 67.7 Å². The third-order valence-electron chi connectivity index (χ3n) is 9.54. The summed E-state index contributed by atoms with van der Waals surface area (Å²) in [7, 11) is 1.55. The van der Waals surface area contributed by atoms with Crippen LogP contribution in [0.4, 0.5) is 24.5 Å². The summed E-state index contributed by atoms with van der Waals surface area (Å²) in [5, 5.41) is 17.1. The van der Waals surface area contributed by atoms with Gasteiger partial charge in [0.25, 0.3) is 0 Å². The van der Waals surface area contributed by atoms with E-state index in [0.29, 0.717) is 34.1 Å². The molecule has 2 saturated heterocycles. The fourth-order valence-electron chi connectivity index (χ4n) is 6.88. The van der Waals surface area contributed by atoms with Gasteiger partial charge in [-0.1, -0.05) is 18.1 Å². The Labute approximate surface area is 262 Å². The number of halogens is 3. The number of alkyl halides is 3. The number of methoxy groups -OCH3 is 1. The summed E-state index contributed by atoms with van der Waals surface area (Å²) in [6.45, 7) is 6.82. The quantitative estimate of drug-likeness (QED) is 0.279. The average Bonchev–Trinajstić information content (AvgIpc) is 3.31. The monoisotopic (exact) mass is 619 g/mol. The van der Waals surface area contributed by atoms with Crippen molar-refractivity contribution < 1.29 is 22.6 Å². The maximum Gasteiger partial charge on any atom is 0.406 e. The lowest BCUT2D eigenvalue weighted by Gasteiger charge is -2.58. The van der Waals surface area contributed by atoms with E-state index >= 15 is 0 Å². The van der Waals surface area contributed by atoms with E-state index in [0.717, 1.165) is 68.6 Å². The highest BCUT2D eigenvalue weighted by molar-refractivity contribution is 5.94. The van der Waals surface area contributed by atoms with E-state index in [2.05, 4.69) is 33.4 Å². The molecular weight excluding hydrogens is 579 g/mol. The summed E-state index contributed by atoms with van der Waals surface area (Å²) in [5.74, 6) is 6.54. The zero-order chi connectivity index (χ0) is 31.8. The minimum Gasteiger partial charge on any atom is -0.495 e. The molecule has 238 valence electrons. The number of aromatic nitrogens is 1. The molecule has 10 heteroatoms. The van der Waals surface area contributed by atoms with Gasteiger partial charge in [0.2, 0.25) is 0 Å². The summed E-state index contributed by atoms with van der Waals surface area (Å²) in [5.41, 5.74) is 2.92. The molecule has 3 fully saturated rings. The van der Waals surface area contributed by atoms with Gasteiger partial charge in [-0.25, -0.2) is 0 Å². The SMILES string of the molecule is COc1cc(C(C)(C)C#N)ccc1NCC#Cc1cc2c(N[C@H]3CC[C@H](N4CC5(COC5)C4)CC3)cccc2n1CC(F)(F)F. The van der Waals surface area contributed by atoms with Crippen molar-refractivity contribution in [3.63, 3.8) is 0 Å². The van der Waals surface area contributed by atoms with Crippen molar-refractivity contribution in [3.05, 3.63) is 53.7 Å². The predicted octanol–water partition coefficient (Wildman–Crippen LogP) is 6.53. The maximum atomic E-state index is 13.7. The molecule has 6 rings (SSSR count). The second-order valence-corrected chi connectivity index (χ2v) is 13.3. The highest BCUT2D eigenvalue weighted by Gasteiger charge is 2.50. The number of anilines is 2. The van der Waals surface area contributed by atoms with E-state index in [4.69, 9.17) is 9.47 Å². The number of nitrogens with one attached hydrogen (secondary N) is 2. The van der Waals surface area contributed by atoms with E-state index in [-0.39, 0.29) is 12.6 Å². The van der Waals surface area contributed by atoms with Gasteiger partial charge in [0.15, 0.2) is 0 Å². The molecule has 2 N–H and O–H groups in total. The molecule has 7 nitrogen and oxygen atoms in total. The van der Waals surface area contributed by atoms with Gasteiger partial charge in [0, 0.05) is 41.7 Å². The van der Waals surface area contributed by atoms with E-state index < -0.39 is 18.1 Å². The van der Waals surface area contributed by atoms with Crippen molar-refractivity contribution >= 4 is 22.3 Å². The van der Waals surface area contributed by atoms with Gasteiger partial charge in [-0.15, -0.1) is 0 Å². The molecule has 0 radical (unpaired) electrons. The van der Waals surface area contributed by atoms with Gasteiger partial charge >= 0.3 is 6.18 Å². The Hall–Kier alpha value is -3.86. The number of hydrogen-bond acceptors (Lipinski definition) is 6. The first-order chi connectivity index (χ1) is 21.5. The summed E-state index contributed by atoms with van der Waals surface area (Å²) in [6.07, 6.45) is -0.0992. The first-order valence-corrected chi connectivity index (χ1v) is 15.6. The second-order valence-electron chi connectivity index (χ2n) is 13.3. The van der Waals surface area contributed by atoms with Crippen LogP contribution in [0.2, 0.25) is 0 Å². The lowest BCUT2D eigenvalue weighted by Crippen LogP contribution is -2.68. The molecule has 1 saturated carbocycles. The topological polar surface area (TPSA) is 74.5 Å². The zero-order valence-corrected chi connectivity index (χ0v) is 26.1. The third kappa shape index (κ3) is 6.59.